The maximum atomic E-state index is 14.0. The van der Waals surface area contributed by atoms with Crippen molar-refractivity contribution in [3.8, 4) is 11.5 Å². The van der Waals surface area contributed by atoms with E-state index in [2.05, 4.69) is 21.2 Å². The Labute approximate surface area is 194 Å². The second-order valence-corrected chi connectivity index (χ2v) is 8.19. The van der Waals surface area contributed by atoms with E-state index in [-0.39, 0.29) is 6.61 Å². The average Bonchev–Trinajstić information content (AvgIpc) is 2.71. The highest BCUT2D eigenvalue weighted by Gasteiger charge is 2.15. The number of ether oxygens (including phenoxy) is 2. The molecule has 0 saturated carbocycles. The molecule has 0 heterocycles. The molecule has 0 aliphatic carbocycles. The molecule has 3 aromatic carbocycles. The Kier molecular flexibility index (Phi) is 8.40. The summed E-state index contributed by atoms with van der Waals surface area (Å²) in [4.78, 5) is 0. The molecule has 0 aliphatic heterocycles. The molecule has 3 rings (SSSR count). The predicted octanol–water partition coefficient (Wildman–Crippen LogP) is 7.16. The van der Waals surface area contributed by atoms with Gasteiger partial charge in [-0.25, -0.2) is 4.39 Å². The molecule has 0 radical (unpaired) electrons. The van der Waals surface area contributed by atoms with E-state index in [1.54, 1.807) is 12.1 Å². The van der Waals surface area contributed by atoms with Crippen LogP contribution in [0.3, 0.4) is 0 Å². The standard InChI is InChI=1S/C23H21BrCl2FNO2/c1-2-29-22-11-15(12-28-13-16-6-3-4-7-19(16)25)10-18(24)23(22)30-14-17-20(26)8-5-9-21(17)27/h3-11,28H,2,12-14H2,1H3. The van der Waals surface area contributed by atoms with Crippen molar-refractivity contribution in [3.63, 3.8) is 0 Å². The van der Waals surface area contributed by atoms with Crippen molar-refractivity contribution < 1.29 is 13.9 Å². The second kappa shape index (κ2) is 11.0. The van der Waals surface area contributed by atoms with Crippen LogP contribution in [0.15, 0.2) is 59.1 Å². The van der Waals surface area contributed by atoms with Gasteiger partial charge in [-0.2, -0.15) is 0 Å². The van der Waals surface area contributed by atoms with Gasteiger partial charge >= 0.3 is 0 Å². The number of nitrogens with one attached hydrogen (secondary N) is 1. The summed E-state index contributed by atoms with van der Waals surface area (Å²) >= 11 is 15.9. The molecule has 158 valence electrons. The van der Waals surface area contributed by atoms with E-state index >= 15 is 0 Å². The largest absolute Gasteiger partial charge is 0.490 e. The molecule has 0 unspecified atom stereocenters. The van der Waals surface area contributed by atoms with E-state index in [0.29, 0.717) is 41.8 Å². The Bertz CT molecular complexity index is 996. The SMILES string of the molecule is CCOc1cc(CNCc2ccccc2Cl)cc(Br)c1OCc1c(F)cccc1Cl. The van der Waals surface area contributed by atoms with Crippen LogP contribution in [-0.4, -0.2) is 6.61 Å². The van der Waals surface area contributed by atoms with Gasteiger partial charge in [-0.15, -0.1) is 0 Å². The van der Waals surface area contributed by atoms with Crippen molar-refractivity contribution in [2.75, 3.05) is 6.61 Å². The summed E-state index contributed by atoms with van der Waals surface area (Å²) in [5.74, 6) is 0.678. The van der Waals surface area contributed by atoms with Crippen LogP contribution in [0.25, 0.3) is 0 Å². The van der Waals surface area contributed by atoms with Crippen LogP contribution in [0.2, 0.25) is 10.0 Å². The van der Waals surface area contributed by atoms with Gasteiger partial charge < -0.3 is 14.8 Å². The quantitative estimate of drug-likeness (QED) is 0.330. The van der Waals surface area contributed by atoms with Gasteiger partial charge in [0.25, 0.3) is 0 Å². The lowest BCUT2D eigenvalue weighted by Gasteiger charge is -2.16. The number of hydrogen-bond acceptors (Lipinski definition) is 3. The van der Waals surface area contributed by atoms with Gasteiger partial charge in [0, 0.05) is 23.7 Å². The Morgan fingerprint density at radius 2 is 1.73 bits per heavy atom. The van der Waals surface area contributed by atoms with Crippen LogP contribution in [0, 0.1) is 5.82 Å². The van der Waals surface area contributed by atoms with Gasteiger partial charge in [0.1, 0.15) is 12.4 Å². The van der Waals surface area contributed by atoms with E-state index in [1.807, 2.05) is 43.3 Å². The molecule has 7 heteroatoms. The molecular formula is C23H21BrCl2FNO2. The molecule has 0 saturated heterocycles. The Hall–Kier alpha value is -1.79. The van der Waals surface area contributed by atoms with E-state index in [0.717, 1.165) is 20.6 Å². The third-order valence-electron chi connectivity index (χ3n) is 4.39. The van der Waals surface area contributed by atoms with Gasteiger partial charge in [-0.05, 0) is 64.3 Å². The topological polar surface area (TPSA) is 30.5 Å². The highest BCUT2D eigenvalue weighted by Crippen LogP contribution is 2.38. The third kappa shape index (κ3) is 5.88. The molecule has 0 atom stereocenters. The van der Waals surface area contributed by atoms with Crippen LogP contribution in [0.5, 0.6) is 11.5 Å². The summed E-state index contributed by atoms with van der Waals surface area (Å²) in [6.45, 7) is 3.62. The Morgan fingerprint density at radius 3 is 2.47 bits per heavy atom. The molecule has 0 amide bonds. The van der Waals surface area contributed by atoms with Gasteiger partial charge in [0.05, 0.1) is 16.1 Å². The first-order valence-electron chi connectivity index (χ1n) is 9.44. The van der Waals surface area contributed by atoms with Crippen molar-refractivity contribution >= 4 is 39.1 Å². The van der Waals surface area contributed by atoms with Crippen molar-refractivity contribution in [2.45, 2.75) is 26.6 Å². The molecule has 3 aromatic rings. The first-order chi connectivity index (χ1) is 14.5. The van der Waals surface area contributed by atoms with Crippen LogP contribution < -0.4 is 14.8 Å². The summed E-state index contributed by atoms with van der Waals surface area (Å²) < 4.78 is 26.4. The zero-order valence-electron chi connectivity index (χ0n) is 16.4. The fourth-order valence-electron chi connectivity index (χ4n) is 2.92. The molecule has 30 heavy (non-hydrogen) atoms. The van der Waals surface area contributed by atoms with E-state index in [1.165, 1.54) is 6.07 Å². The Morgan fingerprint density at radius 1 is 0.967 bits per heavy atom. The second-order valence-electron chi connectivity index (χ2n) is 6.52. The normalized spacial score (nSPS) is 10.8. The lowest BCUT2D eigenvalue weighted by Crippen LogP contribution is -2.13. The van der Waals surface area contributed by atoms with E-state index < -0.39 is 5.82 Å². The fourth-order valence-corrected chi connectivity index (χ4v) is 3.95. The van der Waals surface area contributed by atoms with E-state index in [9.17, 15) is 4.39 Å². The zero-order valence-corrected chi connectivity index (χ0v) is 19.5. The summed E-state index contributed by atoms with van der Waals surface area (Å²) in [6.07, 6.45) is 0. The van der Waals surface area contributed by atoms with Crippen LogP contribution in [-0.2, 0) is 19.7 Å². The molecule has 0 aromatic heterocycles. The lowest BCUT2D eigenvalue weighted by molar-refractivity contribution is 0.264. The predicted molar refractivity (Wildman–Crippen MR) is 123 cm³/mol. The minimum atomic E-state index is -0.406. The van der Waals surface area contributed by atoms with Gasteiger partial charge in [-0.1, -0.05) is 47.5 Å². The molecule has 0 aliphatic rings. The van der Waals surface area contributed by atoms with Crippen LogP contribution in [0.4, 0.5) is 4.39 Å². The highest BCUT2D eigenvalue weighted by atomic mass is 79.9. The number of benzene rings is 3. The molecule has 0 spiro atoms. The summed E-state index contributed by atoms with van der Waals surface area (Å²) in [5.41, 5.74) is 2.35. The first-order valence-corrected chi connectivity index (χ1v) is 11.0. The number of halogens is 4. The Balaban J connectivity index is 1.72. The monoisotopic (exact) mass is 511 g/mol. The van der Waals surface area contributed by atoms with Gasteiger partial charge in [0.15, 0.2) is 11.5 Å². The summed E-state index contributed by atoms with van der Waals surface area (Å²) in [7, 11) is 0. The van der Waals surface area contributed by atoms with Crippen LogP contribution >= 0.6 is 39.1 Å². The molecule has 0 fully saturated rings. The fraction of sp³-hybridized carbons (Fsp3) is 0.217. The molecular weight excluding hydrogens is 492 g/mol. The van der Waals surface area contributed by atoms with Gasteiger partial charge in [-0.3, -0.25) is 0 Å². The smallest absolute Gasteiger partial charge is 0.175 e. The maximum Gasteiger partial charge on any atom is 0.175 e. The third-order valence-corrected chi connectivity index (χ3v) is 5.71. The van der Waals surface area contributed by atoms with Crippen molar-refractivity contribution in [1.29, 1.82) is 0 Å². The zero-order chi connectivity index (χ0) is 21.5. The highest BCUT2D eigenvalue weighted by molar-refractivity contribution is 9.10. The molecule has 3 nitrogen and oxygen atoms in total. The van der Waals surface area contributed by atoms with Crippen molar-refractivity contribution in [2.24, 2.45) is 0 Å². The summed E-state index contributed by atoms with van der Waals surface area (Å²) in [5, 5.41) is 4.44. The van der Waals surface area contributed by atoms with E-state index in [4.69, 9.17) is 32.7 Å². The number of hydrogen-bond donors (Lipinski definition) is 1. The minimum Gasteiger partial charge on any atom is -0.490 e. The summed E-state index contributed by atoms with van der Waals surface area (Å²) in [6, 6.07) is 16.1. The van der Waals surface area contributed by atoms with Gasteiger partial charge in [0.2, 0.25) is 0 Å². The lowest BCUT2D eigenvalue weighted by atomic mass is 10.1. The van der Waals surface area contributed by atoms with Crippen molar-refractivity contribution in [3.05, 3.63) is 91.6 Å². The molecule has 1 N–H and O–H groups in total. The first kappa shape index (κ1) is 22.9. The average molecular weight is 513 g/mol. The van der Waals surface area contributed by atoms with Crippen molar-refractivity contribution in [1.82, 2.24) is 5.32 Å². The van der Waals surface area contributed by atoms with Crippen LogP contribution in [0.1, 0.15) is 23.6 Å². The number of rotatable bonds is 9. The maximum absolute atomic E-state index is 14.0. The molecule has 0 bridgehead atoms. The minimum absolute atomic E-state index is 0.00567.